The highest BCUT2D eigenvalue weighted by Gasteiger charge is 2.08. The van der Waals surface area contributed by atoms with Crippen molar-refractivity contribution in [1.82, 2.24) is 0 Å². The largest absolute Gasteiger partial charge is 0.392 e. The second-order valence-electron chi connectivity index (χ2n) is 2.24. The lowest BCUT2D eigenvalue weighted by molar-refractivity contribution is 0.218. The van der Waals surface area contributed by atoms with Gasteiger partial charge in [0.25, 0.3) is 0 Å². The molecule has 0 aliphatic heterocycles. The van der Waals surface area contributed by atoms with Crippen molar-refractivity contribution in [3.63, 3.8) is 0 Å². The van der Waals surface area contributed by atoms with Crippen LogP contribution in [0.3, 0.4) is 0 Å². The molecule has 0 aromatic rings. The molecular formula is C7H12O3S. The Kier molecular flexibility index (Phi) is 4.07. The molecular weight excluding hydrogens is 164 g/mol. The summed E-state index contributed by atoms with van der Waals surface area (Å²) in [7, 11) is -3.24. The minimum atomic E-state index is -3.24. The molecule has 0 heterocycles. The smallest absolute Gasteiger partial charge is 0.174 e. The average molecular weight is 176 g/mol. The van der Waals surface area contributed by atoms with Crippen LogP contribution in [0.1, 0.15) is 6.92 Å². The second-order valence-corrected chi connectivity index (χ2v) is 4.17. The molecule has 0 bridgehead atoms. The lowest BCUT2D eigenvalue weighted by Crippen LogP contribution is -2.15. The summed E-state index contributed by atoms with van der Waals surface area (Å²) in [6, 6.07) is 0. The van der Waals surface area contributed by atoms with Crippen LogP contribution < -0.4 is 0 Å². The van der Waals surface area contributed by atoms with Gasteiger partial charge in [0.2, 0.25) is 0 Å². The van der Waals surface area contributed by atoms with Crippen LogP contribution in [-0.2, 0) is 9.84 Å². The van der Waals surface area contributed by atoms with Gasteiger partial charge >= 0.3 is 0 Å². The van der Waals surface area contributed by atoms with Crippen LogP contribution in [0.5, 0.6) is 0 Å². The number of hydrogen-bond donors (Lipinski definition) is 1. The summed E-state index contributed by atoms with van der Waals surface area (Å²) in [4.78, 5) is 0. The fourth-order valence-electron chi connectivity index (χ4n) is 0.567. The highest BCUT2D eigenvalue weighted by Crippen LogP contribution is 1.96. The summed E-state index contributed by atoms with van der Waals surface area (Å²) in [6.07, 6.45) is 1.88. The Balaban J connectivity index is 4.24. The predicted molar refractivity (Wildman–Crippen MR) is 44.8 cm³/mol. The molecule has 0 aromatic carbocycles. The van der Waals surface area contributed by atoms with E-state index in [-0.39, 0.29) is 5.75 Å². The van der Waals surface area contributed by atoms with Gasteiger partial charge in [-0.3, -0.25) is 0 Å². The lowest BCUT2D eigenvalue weighted by atomic mass is 10.5. The monoisotopic (exact) mass is 176 g/mol. The van der Waals surface area contributed by atoms with Gasteiger partial charge in [-0.25, -0.2) is 8.42 Å². The Hall–Kier alpha value is -0.610. The maximum absolute atomic E-state index is 10.9. The molecule has 0 aliphatic rings. The van der Waals surface area contributed by atoms with Crippen molar-refractivity contribution in [2.24, 2.45) is 0 Å². The minimum Gasteiger partial charge on any atom is -0.392 e. The van der Waals surface area contributed by atoms with Gasteiger partial charge in [-0.05, 0) is 6.92 Å². The first-order valence-electron chi connectivity index (χ1n) is 3.18. The van der Waals surface area contributed by atoms with E-state index in [1.54, 1.807) is 0 Å². The molecule has 0 saturated carbocycles. The van der Waals surface area contributed by atoms with Crippen LogP contribution in [-0.4, -0.2) is 25.4 Å². The van der Waals surface area contributed by atoms with Crippen LogP contribution in [0.4, 0.5) is 0 Å². The normalized spacial score (nSPS) is 15.1. The SMILES string of the molecule is C=C/C=C/S(=O)(=O)CC(C)O. The highest BCUT2D eigenvalue weighted by molar-refractivity contribution is 7.94. The molecule has 1 unspecified atom stereocenters. The van der Waals surface area contributed by atoms with Gasteiger partial charge in [-0.15, -0.1) is 0 Å². The zero-order chi connectivity index (χ0) is 8.91. The van der Waals surface area contributed by atoms with Crippen LogP contribution in [0.25, 0.3) is 0 Å². The third kappa shape index (κ3) is 5.82. The zero-order valence-corrected chi connectivity index (χ0v) is 7.21. The Labute approximate surface area is 67.0 Å². The van der Waals surface area contributed by atoms with Gasteiger partial charge in [0.1, 0.15) is 0 Å². The van der Waals surface area contributed by atoms with E-state index in [1.165, 1.54) is 19.1 Å². The first-order chi connectivity index (χ1) is 4.98. The Bertz CT molecular complexity index is 236. The maximum atomic E-state index is 10.9. The summed E-state index contributed by atoms with van der Waals surface area (Å²) in [5, 5.41) is 9.78. The van der Waals surface area contributed by atoms with Crippen molar-refractivity contribution < 1.29 is 13.5 Å². The summed E-state index contributed by atoms with van der Waals surface area (Å²) >= 11 is 0. The molecule has 0 aromatic heterocycles. The summed E-state index contributed by atoms with van der Waals surface area (Å²) in [5.74, 6) is -0.239. The molecule has 1 N–H and O–H groups in total. The molecule has 0 fully saturated rings. The first kappa shape index (κ1) is 10.4. The predicted octanol–water partition coefficient (Wildman–Crippen LogP) is 0.482. The summed E-state index contributed by atoms with van der Waals surface area (Å²) < 4.78 is 21.8. The van der Waals surface area contributed by atoms with Crippen LogP contribution in [0, 0.1) is 0 Å². The van der Waals surface area contributed by atoms with E-state index in [2.05, 4.69) is 6.58 Å². The van der Waals surface area contributed by atoms with Crippen LogP contribution in [0.2, 0.25) is 0 Å². The summed E-state index contributed by atoms with van der Waals surface area (Å²) in [5.41, 5.74) is 0. The number of hydrogen-bond acceptors (Lipinski definition) is 3. The van der Waals surface area contributed by atoms with E-state index < -0.39 is 15.9 Å². The first-order valence-corrected chi connectivity index (χ1v) is 4.89. The van der Waals surface area contributed by atoms with Gasteiger partial charge in [0.05, 0.1) is 11.9 Å². The topological polar surface area (TPSA) is 54.4 Å². The van der Waals surface area contributed by atoms with E-state index in [1.807, 2.05) is 0 Å². The second kappa shape index (κ2) is 4.31. The van der Waals surface area contributed by atoms with E-state index in [4.69, 9.17) is 5.11 Å². The van der Waals surface area contributed by atoms with Crippen molar-refractivity contribution in [2.45, 2.75) is 13.0 Å². The van der Waals surface area contributed by atoms with Gasteiger partial charge < -0.3 is 5.11 Å². The Morgan fingerprint density at radius 1 is 1.64 bits per heavy atom. The Morgan fingerprint density at radius 3 is 2.55 bits per heavy atom. The zero-order valence-electron chi connectivity index (χ0n) is 6.40. The number of rotatable bonds is 4. The highest BCUT2D eigenvalue weighted by atomic mass is 32.2. The third-order valence-electron chi connectivity index (χ3n) is 0.895. The number of aliphatic hydroxyl groups is 1. The number of allylic oxidation sites excluding steroid dienone is 2. The molecule has 64 valence electrons. The van der Waals surface area contributed by atoms with E-state index >= 15 is 0 Å². The van der Waals surface area contributed by atoms with Gasteiger partial charge in [-0.2, -0.15) is 0 Å². The summed E-state index contributed by atoms with van der Waals surface area (Å²) in [6.45, 7) is 4.76. The lowest BCUT2D eigenvalue weighted by Gasteiger charge is -1.99. The molecule has 0 spiro atoms. The van der Waals surface area contributed by atoms with Gasteiger partial charge in [-0.1, -0.05) is 18.7 Å². The molecule has 3 nitrogen and oxygen atoms in total. The fraction of sp³-hybridized carbons (Fsp3) is 0.429. The van der Waals surface area contributed by atoms with Crippen molar-refractivity contribution >= 4 is 9.84 Å². The maximum Gasteiger partial charge on any atom is 0.174 e. The standard InChI is InChI=1S/C7H12O3S/c1-3-4-5-11(9,10)6-7(2)8/h3-5,7-8H,1,6H2,2H3/b5-4+. The average Bonchev–Trinajstić information content (AvgIpc) is 1.81. The van der Waals surface area contributed by atoms with Crippen molar-refractivity contribution in [3.8, 4) is 0 Å². The van der Waals surface area contributed by atoms with Crippen molar-refractivity contribution in [2.75, 3.05) is 5.75 Å². The van der Waals surface area contributed by atoms with E-state index in [9.17, 15) is 8.42 Å². The number of sulfone groups is 1. The molecule has 0 rings (SSSR count). The molecule has 0 amide bonds. The van der Waals surface area contributed by atoms with Crippen LogP contribution in [0.15, 0.2) is 24.1 Å². The van der Waals surface area contributed by atoms with Gasteiger partial charge in [0, 0.05) is 5.41 Å². The molecule has 11 heavy (non-hydrogen) atoms. The minimum absolute atomic E-state index is 0.239. The third-order valence-corrected chi connectivity index (χ3v) is 2.41. The van der Waals surface area contributed by atoms with E-state index in [0.29, 0.717) is 0 Å². The molecule has 4 heteroatoms. The Morgan fingerprint density at radius 2 is 2.18 bits per heavy atom. The van der Waals surface area contributed by atoms with Crippen molar-refractivity contribution in [3.05, 3.63) is 24.1 Å². The van der Waals surface area contributed by atoms with Gasteiger partial charge in [0.15, 0.2) is 9.84 Å². The quantitative estimate of drug-likeness (QED) is 0.634. The molecule has 0 aliphatic carbocycles. The van der Waals surface area contributed by atoms with E-state index in [0.717, 1.165) is 5.41 Å². The fourth-order valence-corrected chi connectivity index (χ4v) is 1.70. The number of aliphatic hydroxyl groups excluding tert-OH is 1. The van der Waals surface area contributed by atoms with Crippen molar-refractivity contribution in [1.29, 1.82) is 0 Å². The molecule has 0 radical (unpaired) electrons. The molecule has 1 atom stereocenters. The molecule has 0 saturated heterocycles. The van der Waals surface area contributed by atoms with Crippen LogP contribution >= 0.6 is 0 Å².